The fraction of sp³-hybridized carbons (Fsp3) is 0.484. The number of hydrogen-bond acceptors (Lipinski definition) is 20. The number of aliphatic hydroxyl groups is 2. The van der Waals surface area contributed by atoms with Gasteiger partial charge < -0.3 is 57.0 Å². The molecule has 23 nitrogen and oxygen atoms in total. The summed E-state index contributed by atoms with van der Waals surface area (Å²) in [5.74, 6) is 6.07. The largest absolute Gasteiger partial charge is 0.534 e. The quantitative estimate of drug-likeness (QED) is 0.0746. The summed E-state index contributed by atoms with van der Waals surface area (Å²) in [6, 6.07) is 21.1. The molecule has 27 heteroatoms. The van der Waals surface area contributed by atoms with Crippen LogP contribution in [0.15, 0.2) is 87.2 Å². The van der Waals surface area contributed by atoms with Crippen molar-refractivity contribution in [3.8, 4) is 69.0 Å². The van der Waals surface area contributed by atoms with E-state index in [9.17, 15) is 46.2 Å². The average Bonchev–Trinajstić information content (AvgIpc) is 0.932. The van der Waals surface area contributed by atoms with Crippen molar-refractivity contribution in [1.29, 1.82) is 0 Å². The van der Waals surface area contributed by atoms with Crippen LogP contribution in [0.25, 0.3) is 33.8 Å². The predicted molar refractivity (Wildman–Crippen MR) is 314 cm³/mol. The van der Waals surface area contributed by atoms with Crippen molar-refractivity contribution in [3.63, 3.8) is 0 Å². The van der Waals surface area contributed by atoms with Crippen LogP contribution in [0.5, 0.6) is 23.4 Å². The van der Waals surface area contributed by atoms with Gasteiger partial charge in [0.1, 0.15) is 50.0 Å². The van der Waals surface area contributed by atoms with Crippen molar-refractivity contribution in [2.24, 2.45) is 0 Å². The van der Waals surface area contributed by atoms with Crippen LogP contribution in [-0.2, 0) is 83.9 Å². The molecule has 476 valence electrons. The zero-order valence-electron chi connectivity index (χ0n) is 49.1. The zero-order chi connectivity index (χ0) is 62.7. The molecule has 89 heavy (non-hydrogen) atoms. The Balaban J connectivity index is 0.000000147. The highest BCUT2D eigenvalue weighted by atomic mass is 32.2. The third kappa shape index (κ3) is 16.5. The van der Waals surface area contributed by atoms with Gasteiger partial charge in [0.25, 0.3) is 0 Å². The number of nitrogens with zero attached hydrogens (tertiary/aromatic N) is 6. The van der Waals surface area contributed by atoms with Crippen LogP contribution in [0.1, 0.15) is 60.9 Å². The summed E-state index contributed by atoms with van der Waals surface area (Å²) in [4.78, 5) is 49.4. The number of benzene rings is 3. The van der Waals surface area contributed by atoms with Gasteiger partial charge in [-0.2, -0.15) is 36.5 Å². The SMILES string of the molecule is CCC(O)C#Cc1ccc2c(c1)CCn1c-2cc(OC[C@@H]2COCCO2)nc1=O.CCC(O)CCc1ccc2c(c1)CCn1c-2cc(OC[C@@H]2COCCO2)nc1=O.O=c1nc(OC[C@@H]2COCCO2)cc2n1CCc1cc(OS(=O)(=O)C(F)(F)F)ccc1-2. The van der Waals surface area contributed by atoms with Gasteiger partial charge in [-0.05, 0) is 97.5 Å². The molecule has 9 heterocycles. The molecule has 0 radical (unpaired) electrons. The number of aromatic nitrogens is 6. The second kappa shape index (κ2) is 29.4. The minimum Gasteiger partial charge on any atom is -0.475 e. The third-order valence-electron chi connectivity index (χ3n) is 15.4. The molecule has 0 bridgehead atoms. The molecule has 12 rings (SSSR count). The molecule has 6 aromatic rings. The molecular weight excluding hydrogens is 1190 g/mol. The highest BCUT2D eigenvalue weighted by Crippen LogP contribution is 2.36. The Labute approximate surface area is 510 Å². The molecule has 6 aliphatic heterocycles. The van der Waals surface area contributed by atoms with E-state index in [2.05, 4.69) is 49.2 Å². The van der Waals surface area contributed by atoms with E-state index in [1.807, 2.05) is 38.1 Å². The van der Waals surface area contributed by atoms with Gasteiger partial charge in [-0.1, -0.05) is 50.0 Å². The van der Waals surface area contributed by atoms with E-state index in [0.29, 0.717) is 114 Å². The van der Waals surface area contributed by atoms with Crippen molar-refractivity contribution in [2.45, 2.75) is 114 Å². The number of halogens is 3. The van der Waals surface area contributed by atoms with Gasteiger partial charge in [-0.3, -0.25) is 13.7 Å². The summed E-state index contributed by atoms with van der Waals surface area (Å²) in [6.07, 6.45) is 3.32. The van der Waals surface area contributed by atoms with Crippen LogP contribution in [0.4, 0.5) is 13.2 Å². The molecule has 3 aromatic carbocycles. The molecule has 0 saturated carbocycles. The maximum absolute atomic E-state index is 12.6. The molecular formula is C62H69F3N6O17S. The number of fused-ring (bicyclic) bond motifs is 9. The summed E-state index contributed by atoms with van der Waals surface area (Å²) in [7, 11) is -5.78. The number of hydrogen-bond donors (Lipinski definition) is 2. The first-order valence-electron chi connectivity index (χ1n) is 29.5. The Kier molecular flexibility index (Phi) is 21.3. The van der Waals surface area contributed by atoms with Crippen molar-refractivity contribution < 1.29 is 78.6 Å². The fourth-order valence-corrected chi connectivity index (χ4v) is 11.0. The molecule has 5 atom stereocenters. The van der Waals surface area contributed by atoms with Gasteiger partial charge >= 0.3 is 32.7 Å². The highest BCUT2D eigenvalue weighted by molar-refractivity contribution is 7.88. The fourth-order valence-electron chi connectivity index (χ4n) is 10.6. The minimum absolute atomic E-state index is 0.0678. The Morgan fingerprint density at radius 1 is 0.596 bits per heavy atom. The Bertz CT molecular complexity index is 3830. The smallest absolute Gasteiger partial charge is 0.475 e. The number of alkyl halides is 3. The van der Waals surface area contributed by atoms with Gasteiger partial charge in [0.05, 0.1) is 82.6 Å². The maximum atomic E-state index is 12.6. The van der Waals surface area contributed by atoms with Crippen LogP contribution < -0.4 is 35.5 Å². The second-order valence-electron chi connectivity index (χ2n) is 21.6. The average molecular weight is 1260 g/mol. The first kappa shape index (κ1) is 64.5. The number of ether oxygens (including phenoxy) is 9. The molecule has 0 amide bonds. The Hall–Kier alpha value is -7.52. The van der Waals surface area contributed by atoms with Crippen LogP contribution in [-0.4, -0.2) is 163 Å². The lowest BCUT2D eigenvalue weighted by molar-refractivity contribution is -0.102. The summed E-state index contributed by atoms with van der Waals surface area (Å²) < 4.78 is 119. The van der Waals surface area contributed by atoms with Gasteiger partial charge in [0, 0.05) is 60.1 Å². The molecule has 3 saturated heterocycles. The van der Waals surface area contributed by atoms with E-state index >= 15 is 0 Å². The van der Waals surface area contributed by atoms with E-state index in [1.54, 1.807) is 15.2 Å². The van der Waals surface area contributed by atoms with Gasteiger partial charge in [0.2, 0.25) is 17.6 Å². The molecule has 3 aromatic heterocycles. The molecule has 2 unspecified atom stereocenters. The zero-order valence-corrected chi connectivity index (χ0v) is 49.9. The topological polar surface area (TPSA) is 272 Å². The molecule has 2 N–H and O–H groups in total. The summed E-state index contributed by atoms with van der Waals surface area (Å²) >= 11 is 0. The Morgan fingerprint density at radius 2 is 1.03 bits per heavy atom. The predicted octanol–water partition coefficient (Wildman–Crippen LogP) is 4.84. The monoisotopic (exact) mass is 1260 g/mol. The standard InChI is InChI=1S/C22H28N2O5.C22H24N2O5.C18H17F3N2O7S/c2*1-2-17(25)5-3-15-4-6-19-16(11-15)7-8-24-20(19)12-21(23-22(24)26)29-14-18-13-27-9-10-28-18;19-18(20,21)31(25,26)30-12-1-2-14-11(7-12)3-4-23-15(14)8-16(22-17(23)24)29-10-13-9-27-5-6-28-13/h4,6,11-12,17-18,25H,2-3,5,7-10,13-14H2,1H3;4,6,11-12,17-18,25H,2,7-10,13-14H2,1H3;1-2,7-8,13H,3-6,9-10H2/t2*17?,18-;13-/m000/s1. The Morgan fingerprint density at radius 3 is 1.46 bits per heavy atom. The highest BCUT2D eigenvalue weighted by Gasteiger charge is 2.48. The van der Waals surface area contributed by atoms with Gasteiger partial charge in [-0.25, -0.2) is 14.4 Å². The molecule has 0 aliphatic carbocycles. The summed E-state index contributed by atoms with van der Waals surface area (Å²) in [5, 5.41) is 19.5. The number of aliphatic hydroxyl groups excluding tert-OH is 2. The summed E-state index contributed by atoms with van der Waals surface area (Å²) in [5.41, 5.74) is 2.85. The lowest BCUT2D eigenvalue weighted by atomic mass is 9.94. The lowest BCUT2D eigenvalue weighted by Crippen LogP contribution is -2.34. The van der Waals surface area contributed by atoms with Crippen molar-refractivity contribution in [1.82, 2.24) is 28.7 Å². The van der Waals surface area contributed by atoms with E-state index in [4.69, 9.17) is 42.6 Å². The molecule has 3 fully saturated rings. The first-order chi connectivity index (χ1) is 42.9. The number of aryl methyl sites for hydroxylation is 4. The normalized spacial score (nSPS) is 18.9. The van der Waals surface area contributed by atoms with Crippen LogP contribution in [0.2, 0.25) is 0 Å². The van der Waals surface area contributed by atoms with E-state index in [1.165, 1.54) is 33.9 Å². The third-order valence-corrected chi connectivity index (χ3v) is 16.3. The van der Waals surface area contributed by atoms with Crippen LogP contribution >= 0.6 is 0 Å². The second-order valence-corrected chi connectivity index (χ2v) is 23.1. The van der Waals surface area contributed by atoms with E-state index in [-0.39, 0.29) is 67.9 Å². The summed E-state index contributed by atoms with van der Waals surface area (Å²) in [6.45, 7) is 10.5. The van der Waals surface area contributed by atoms with Crippen molar-refractivity contribution in [3.05, 3.63) is 132 Å². The maximum Gasteiger partial charge on any atom is 0.534 e. The van der Waals surface area contributed by atoms with E-state index in [0.717, 1.165) is 71.8 Å². The van der Waals surface area contributed by atoms with Gasteiger partial charge in [-0.15, -0.1) is 0 Å². The van der Waals surface area contributed by atoms with Gasteiger partial charge in [0.15, 0.2) is 0 Å². The van der Waals surface area contributed by atoms with E-state index < -0.39 is 33.2 Å². The molecule has 6 aliphatic rings. The van der Waals surface area contributed by atoms with Crippen molar-refractivity contribution >= 4 is 10.1 Å². The number of rotatable bonds is 16. The van der Waals surface area contributed by atoms with Crippen LogP contribution in [0, 0.1) is 11.8 Å². The minimum atomic E-state index is -5.78. The first-order valence-corrected chi connectivity index (χ1v) is 30.9. The lowest BCUT2D eigenvalue weighted by Gasteiger charge is -2.24. The van der Waals surface area contributed by atoms with Crippen LogP contribution in [0.3, 0.4) is 0 Å². The van der Waals surface area contributed by atoms with Crippen molar-refractivity contribution in [2.75, 3.05) is 79.3 Å². The molecule has 0 spiro atoms.